The Morgan fingerprint density at radius 1 is 1.40 bits per heavy atom. The molecule has 0 amide bonds. The highest BCUT2D eigenvalue weighted by Gasteiger charge is 2.02. The van der Waals surface area contributed by atoms with E-state index < -0.39 is 0 Å². The summed E-state index contributed by atoms with van der Waals surface area (Å²) in [4.78, 5) is 6.87. The fourth-order valence-corrected chi connectivity index (χ4v) is 1.59. The van der Waals surface area contributed by atoms with Crippen LogP contribution in [-0.2, 0) is 17.9 Å². The van der Waals surface area contributed by atoms with Crippen molar-refractivity contribution < 1.29 is 4.84 Å². The van der Waals surface area contributed by atoms with Gasteiger partial charge >= 0.3 is 0 Å². The minimum Gasteiger partial charge on any atom is -0.305 e. The summed E-state index contributed by atoms with van der Waals surface area (Å²) >= 11 is 6.16. The number of hydrogen-bond donors (Lipinski definition) is 1. The maximum atomic E-state index is 6.16. The molecule has 84 valence electrons. The summed E-state index contributed by atoms with van der Waals surface area (Å²) in [5.41, 5.74) is 5.04. The molecule has 0 saturated heterocycles. The van der Waals surface area contributed by atoms with E-state index >= 15 is 0 Å². The maximum absolute atomic E-state index is 6.16. The molecular weight excluding hydrogens is 212 g/mol. The fourth-order valence-electron chi connectivity index (χ4n) is 1.33. The van der Waals surface area contributed by atoms with Crippen LogP contribution < -0.4 is 5.48 Å². The third-order valence-corrected chi connectivity index (χ3v) is 2.38. The lowest BCUT2D eigenvalue weighted by atomic mass is 10.1. The van der Waals surface area contributed by atoms with E-state index in [1.54, 1.807) is 7.11 Å². The van der Waals surface area contributed by atoms with E-state index in [4.69, 9.17) is 16.4 Å². The number of hydrogen-bond acceptors (Lipinski definition) is 3. The average molecular weight is 229 g/mol. The van der Waals surface area contributed by atoms with E-state index in [1.807, 2.05) is 20.2 Å². The van der Waals surface area contributed by atoms with Crippen LogP contribution in [0.15, 0.2) is 18.2 Å². The zero-order chi connectivity index (χ0) is 11.3. The molecule has 0 heterocycles. The van der Waals surface area contributed by atoms with Gasteiger partial charge in [-0.1, -0.05) is 23.7 Å². The first kappa shape index (κ1) is 12.5. The van der Waals surface area contributed by atoms with E-state index in [1.165, 1.54) is 0 Å². The van der Waals surface area contributed by atoms with Gasteiger partial charge in [-0.3, -0.25) is 0 Å². The van der Waals surface area contributed by atoms with Crippen molar-refractivity contribution in [2.75, 3.05) is 21.2 Å². The Kier molecular flexibility index (Phi) is 5.05. The molecule has 1 rings (SSSR count). The molecule has 1 aromatic carbocycles. The van der Waals surface area contributed by atoms with Gasteiger partial charge in [-0.2, -0.15) is 5.48 Å². The molecule has 0 aliphatic carbocycles. The number of hydroxylamine groups is 1. The molecule has 4 heteroatoms. The summed E-state index contributed by atoms with van der Waals surface area (Å²) < 4.78 is 0. The van der Waals surface area contributed by atoms with Crippen molar-refractivity contribution in [2.24, 2.45) is 0 Å². The van der Waals surface area contributed by atoms with E-state index in [2.05, 4.69) is 22.5 Å². The van der Waals surface area contributed by atoms with Crippen molar-refractivity contribution in [2.45, 2.75) is 13.1 Å². The first-order chi connectivity index (χ1) is 7.13. The Hall–Kier alpha value is -0.610. The molecule has 0 radical (unpaired) electrons. The predicted octanol–water partition coefficient (Wildman–Crippen LogP) is 2.05. The van der Waals surface area contributed by atoms with Crippen LogP contribution in [-0.4, -0.2) is 26.1 Å². The van der Waals surface area contributed by atoms with Crippen LogP contribution in [0.3, 0.4) is 0 Å². The third kappa shape index (κ3) is 4.18. The molecule has 0 aliphatic heterocycles. The number of rotatable bonds is 5. The Bertz CT molecular complexity index is 315. The molecule has 1 N–H and O–H groups in total. The fraction of sp³-hybridized carbons (Fsp3) is 0.455. The van der Waals surface area contributed by atoms with Gasteiger partial charge in [0.15, 0.2) is 0 Å². The normalized spacial score (nSPS) is 11.0. The molecule has 0 aromatic heterocycles. The number of nitrogens with zero attached hydrogens (tertiary/aromatic N) is 1. The van der Waals surface area contributed by atoms with Crippen LogP contribution >= 0.6 is 11.6 Å². The highest BCUT2D eigenvalue weighted by atomic mass is 35.5. The zero-order valence-electron chi connectivity index (χ0n) is 9.38. The Morgan fingerprint density at radius 2 is 2.13 bits per heavy atom. The van der Waals surface area contributed by atoms with Gasteiger partial charge in [0.25, 0.3) is 0 Å². The molecule has 0 aliphatic rings. The molecule has 3 nitrogen and oxygen atoms in total. The molecule has 0 spiro atoms. The highest BCUT2D eigenvalue weighted by Crippen LogP contribution is 2.18. The van der Waals surface area contributed by atoms with Crippen LogP contribution in [0.5, 0.6) is 0 Å². The molecule has 0 bridgehead atoms. The van der Waals surface area contributed by atoms with Gasteiger partial charge < -0.3 is 9.74 Å². The summed E-state index contributed by atoms with van der Waals surface area (Å²) in [5, 5.41) is 0.805. The van der Waals surface area contributed by atoms with Crippen molar-refractivity contribution in [3.8, 4) is 0 Å². The average Bonchev–Trinajstić information content (AvgIpc) is 2.18. The van der Waals surface area contributed by atoms with E-state index in [0.717, 1.165) is 22.7 Å². The first-order valence-corrected chi connectivity index (χ1v) is 5.19. The lowest BCUT2D eigenvalue weighted by Gasteiger charge is -2.12. The Balaban J connectivity index is 2.70. The van der Waals surface area contributed by atoms with E-state index in [9.17, 15) is 0 Å². The summed E-state index contributed by atoms with van der Waals surface area (Å²) in [5.74, 6) is 0. The van der Waals surface area contributed by atoms with Crippen molar-refractivity contribution in [1.29, 1.82) is 0 Å². The number of halogens is 1. The Morgan fingerprint density at radius 3 is 2.67 bits per heavy atom. The third-order valence-electron chi connectivity index (χ3n) is 2.02. The summed E-state index contributed by atoms with van der Waals surface area (Å²) in [6, 6.07) is 6.07. The smallest absolute Gasteiger partial charge is 0.0572 e. The van der Waals surface area contributed by atoms with Crippen LogP contribution in [0.2, 0.25) is 5.02 Å². The summed E-state index contributed by atoms with van der Waals surface area (Å²) in [6.07, 6.45) is 0. The largest absolute Gasteiger partial charge is 0.305 e. The summed E-state index contributed by atoms with van der Waals surface area (Å²) in [7, 11) is 5.65. The van der Waals surface area contributed by atoms with Gasteiger partial charge in [0, 0.05) is 18.1 Å². The van der Waals surface area contributed by atoms with Crippen molar-refractivity contribution in [1.82, 2.24) is 10.4 Å². The minimum absolute atomic E-state index is 0.665. The lowest BCUT2D eigenvalue weighted by Crippen LogP contribution is -2.12. The second-order valence-corrected chi connectivity index (χ2v) is 4.10. The SMILES string of the molecule is CONCc1ccc(CN(C)C)c(Cl)c1. The molecule has 0 saturated carbocycles. The van der Waals surface area contributed by atoms with Crippen LogP contribution in [0.1, 0.15) is 11.1 Å². The van der Waals surface area contributed by atoms with E-state index in [-0.39, 0.29) is 0 Å². The van der Waals surface area contributed by atoms with E-state index in [0.29, 0.717) is 6.54 Å². The van der Waals surface area contributed by atoms with Crippen LogP contribution in [0.25, 0.3) is 0 Å². The monoisotopic (exact) mass is 228 g/mol. The number of nitrogens with one attached hydrogen (secondary N) is 1. The standard InChI is InChI=1S/C11H17ClN2O/c1-14(2)8-10-5-4-9(6-11(10)12)7-13-15-3/h4-6,13H,7-8H2,1-3H3. The van der Waals surface area contributed by atoms with Crippen LogP contribution in [0.4, 0.5) is 0 Å². The molecule has 0 fully saturated rings. The van der Waals surface area contributed by atoms with Crippen molar-refractivity contribution in [3.63, 3.8) is 0 Å². The highest BCUT2D eigenvalue weighted by molar-refractivity contribution is 6.31. The molecule has 0 atom stereocenters. The second kappa shape index (κ2) is 6.08. The minimum atomic E-state index is 0.665. The van der Waals surface area contributed by atoms with Gasteiger partial charge in [-0.05, 0) is 31.3 Å². The van der Waals surface area contributed by atoms with Gasteiger partial charge in [0.2, 0.25) is 0 Å². The molecular formula is C11H17ClN2O. The van der Waals surface area contributed by atoms with Crippen molar-refractivity contribution in [3.05, 3.63) is 34.3 Å². The van der Waals surface area contributed by atoms with Crippen LogP contribution in [0, 0.1) is 0 Å². The maximum Gasteiger partial charge on any atom is 0.0572 e. The summed E-state index contributed by atoms with van der Waals surface area (Å²) in [6.45, 7) is 1.52. The van der Waals surface area contributed by atoms with Gasteiger partial charge in [-0.25, -0.2) is 0 Å². The second-order valence-electron chi connectivity index (χ2n) is 3.69. The lowest BCUT2D eigenvalue weighted by molar-refractivity contribution is 0.0867. The quantitative estimate of drug-likeness (QED) is 0.781. The predicted molar refractivity (Wildman–Crippen MR) is 62.7 cm³/mol. The molecule has 1 aromatic rings. The van der Waals surface area contributed by atoms with Gasteiger partial charge in [0.1, 0.15) is 0 Å². The zero-order valence-corrected chi connectivity index (χ0v) is 10.1. The van der Waals surface area contributed by atoms with Gasteiger partial charge in [-0.15, -0.1) is 0 Å². The molecule has 0 unspecified atom stereocenters. The first-order valence-electron chi connectivity index (χ1n) is 4.81. The Labute approximate surface area is 95.9 Å². The molecule has 15 heavy (non-hydrogen) atoms. The van der Waals surface area contributed by atoms with Gasteiger partial charge in [0.05, 0.1) is 7.11 Å². The number of benzene rings is 1. The topological polar surface area (TPSA) is 24.5 Å². The van der Waals surface area contributed by atoms with Crippen molar-refractivity contribution >= 4 is 11.6 Å².